The molecule has 3 saturated heterocycles. The molecule has 2 aromatic rings. The summed E-state index contributed by atoms with van der Waals surface area (Å²) < 4.78 is 0. The maximum Gasteiger partial charge on any atom is 0.376 e. The van der Waals surface area contributed by atoms with Gasteiger partial charge in [0.15, 0.2) is 0 Å². The summed E-state index contributed by atoms with van der Waals surface area (Å²) in [5.41, 5.74) is 5.06. The minimum atomic E-state index is -0.383. The first-order valence-corrected chi connectivity index (χ1v) is 16.5. The molecule has 220 valence electrons. The first kappa shape index (κ1) is 29.4. The predicted octanol–water partition coefficient (Wildman–Crippen LogP) is 5.74. The fourth-order valence-corrected chi connectivity index (χ4v) is 8.33. The van der Waals surface area contributed by atoms with Crippen molar-refractivity contribution in [2.24, 2.45) is 17.8 Å². The second-order valence-electron chi connectivity index (χ2n) is 12.9. The second-order valence-corrected chi connectivity index (χ2v) is 13.7. The predicted molar refractivity (Wildman–Crippen MR) is 166 cm³/mol. The molecule has 0 spiro atoms. The van der Waals surface area contributed by atoms with E-state index in [1.165, 1.54) is 29.5 Å². The van der Waals surface area contributed by atoms with Gasteiger partial charge in [-0.15, -0.1) is 0 Å². The van der Waals surface area contributed by atoms with E-state index in [2.05, 4.69) is 32.8 Å². The van der Waals surface area contributed by atoms with Crippen LogP contribution >= 0.6 is 23.2 Å². The van der Waals surface area contributed by atoms with Crippen LogP contribution < -0.4 is 0 Å². The van der Waals surface area contributed by atoms with E-state index in [1.807, 2.05) is 12.9 Å². The minimum Gasteiger partial charge on any atom is -0.437 e. The van der Waals surface area contributed by atoms with Gasteiger partial charge in [0.2, 0.25) is 5.91 Å². The Morgan fingerprint density at radius 1 is 0.902 bits per heavy atom. The Kier molecular flexibility index (Phi) is 9.28. The van der Waals surface area contributed by atoms with E-state index in [-0.39, 0.29) is 13.1 Å². The molecule has 1 aromatic heterocycles. The van der Waals surface area contributed by atoms with Crippen LogP contribution in [0.5, 0.6) is 0 Å². The molecule has 1 N–H and O–H groups in total. The highest BCUT2D eigenvalue weighted by molar-refractivity contribution is 6.45. The lowest BCUT2D eigenvalue weighted by Crippen LogP contribution is -2.45. The number of carbonyl (C=O) groups is 1. The average molecular weight is 597 g/mol. The molecule has 41 heavy (non-hydrogen) atoms. The third-order valence-corrected chi connectivity index (χ3v) is 10.9. The zero-order valence-electron chi connectivity index (χ0n) is 24.3. The van der Waals surface area contributed by atoms with Gasteiger partial charge in [-0.3, -0.25) is 14.7 Å². The molecule has 6 nitrogen and oxygen atoms in total. The van der Waals surface area contributed by atoms with Crippen molar-refractivity contribution in [2.45, 2.75) is 70.7 Å². The SMILES string of the molecule is CB(O)N1CCC(CC(=O)N2CCC(C3CCN(C4c5ccc(Cl)cc5CCc5cc(Cl)cnc54)CC3)CC2)CC1. The summed E-state index contributed by atoms with van der Waals surface area (Å²) in [7, 11) is -0.383. The van der Waals surface area contributed by atoms with Gasteiger partial charge in [0, 0.05) is 30.7 Å². The fourth-order valence-electron chi connectivity index (χ4n) is 7.96. The van der Waals surface area contributed by atoms with Crippen molar-refractivity contribution in [3.8, 4) is 0 Å². The molecule has 4 heterocycles. The lowest BCUT2D eigenvalue weighted by atomic mass is 9.78. The zero-order chi connectivity index (χ0) is 28.5. The van der Waals surface area contributed by atoms with E-state index >= 15 is 0 Å². The molecule has 4 aliphatic rings. The topological polar surface area (TPSA) is 59.9 Å². The van der Waals surface area contributed by atoms with Crippen molar-refractivity contribution in [2.75, 3.05) is 39.3 Å². The van der Waals surface area contributed by atoms with Crippen LogP contribution in [-0.2, 0) is 17.6 Å². The van der Waals surface area contributed by atoms with Crippen molar-refractivity contribution in [3.05, 3.63) is 62.9 Å². The number of hydrogen-bond acceptors (Lipinski definition) is 5. The number of piperidine rings is 3. The summed E-state index contributed by atoms with van der Waals surface area (Å²) in [6.07, 6.45) is 11.0. The Labute approximate surface area is 255 Å². The first-order valence-electron chi connectivity index (χ1n) is 15.7. The second kappa shape index (κ2) is 12.9. The number of aromatic nitrogens is 1. The minimum absolute atomic E-state index is 0.143. The van der Waals surface area contributed by atoms with Crippen molar-refractivity contribution in [1.29, 1.82) is 0 Å². The Morgan fingerprint density at radius 2 is 1.54 bits per heavy atom. The number of rotatable bonds is 5. The molecule has 1 amide bonds. The lowest BCUT2D eigenvalue weighted by Gasteiger charge is -2.43. The molecule has 3 aliphatic heterocycles. The van der Waals surface area contributed by atoms with Gasteiger partial charge in [0.05, 0.1) is 16.8 Å². The number of fused-ring (bicyclic) bond motifs is 2. The maximum absolute atomic E-state index is 13.1. The number of amides is 1. The Hall–Kier alpha value is -1.64. The molecule has 3 fully saturated rings. The normalized spacial score (nSPS) is 23.6. The smallest absolute Gasteiger partial charge is 0.376 e. The van der Waals surface area contributed by atoms with Gasteiger partial charge in [-0.2, -0.15) is 0 Å². The average Bonchev–Trinajstić information content (AvgIpc) is 3.14. The van der Waals surface area contributed by atoms with Crippen LogP contribution in [0.15, 0.2) is 30.5 Å². The van der Waals surface area contributed by atoms with Crippen LogP contribution in [0.25, 0.3) is 0 Å². The van der Waals surface area contributed by atoms with E-state index in [0.717, 1.165) is 94.4 Å². The number of halogens is 2. The molecule has 0 radical (unpaired) electrons. The highest BCUT2D eigenvalue weighted by Gasteiger charge is 2.36. The highest BCUT2D eigenvalue weighted by atomic mass is 35.5. The standard InChI is InChI=1S/C32H43BCl2N4O2/c1-33(41)39-16-6-22(7-17-39)18-30(40)37-12-8-23(9-13-37)24-10-14-38(15-11-24)32-29-5-4-27(34)19-25(29)2-3-26-20-28(35)21-36-31(26)32/h4-5,19-24,32,41H,2-3,6-18H2,1H3. The van der Waals surface area contributed by atoms with Gasteiger partial charge in [-0.25, -0.2) is 0 Å². The molecule has 0 bridgehead atoms. The molecular formula is C32H43BCl2N4O2. The van der Waals surface area contributed by atoms with Crippen LogP contribution in [0.1, 0.15) is 73.4 Å². The van der Waals surface area contributed by atoms with E-state index in [0.29, 0.717) is 29.2 Å². The molecule has 1 aliphatic carbocycles. The Morgan fingerprint density at radius 3 is 2.22 bits per heavy atom. The molecule has 1 unspecified atom stereocenters. The van der Waals surface area contributed by atoms with Gasteiger partial charge in [0.25, 0.3) is 0 Å². The van der Waals surface area contributed by atoms with Crippen LogP contribution in [0.4, 0.5) is 0 Å². The highest BCUT2D eigenvalue weighted by Crippen LogP contribution is 2.41. The van der Waals surface area contributed by atoms with Crippen molar-refractivity contribution in [3.63, 3.8) is 0 Å². The monoisotopic (exact) mass is 596 g/mol. The Balaban J connectivity index is 1.04. The van der Waals surface area contributed by atoms with Gasteiger partial charge in [-0.05, 0) is 137 Å². The van der Waals surface area contributed by atoms with Crippen LogP contribution in [0.3, 0.4) is 0 Å². The number of aryl methyl sites for hydroxylation is 2. The summed E-state index contributed by atoms with van der Waals surface area (Å²) in [5, 5.41) is 11.3. The number of hydrogen-bond donors (Lipinski definition) is 1. The van der Waals surface area contributed by atoms with Crippen molar-refractivity contribution in [1.82, 2.24) is 19.6 Å². The third-order valence-electron chi connectivity index (χ3n) is 10.4. The van der Waals surface area contributed by atoms with Gasteiger partial charge in [-0.1, -0.05) is 29.3 Å². The van der Waals surface area contributed by atoms with Crippen LogP contribution in [0, 0.1) is 17.8 Å². The van der Waals surface area contributed by atoms with E-state index in [9.17, 15) is 9.82 Å². The molecule has 1 aromatic carbocycles. The number of carbonyl (C=O) groups excluding carboxylic acids is 1. The summed E-state index contributed by atoms with van der Waals surface area (Å²) >= 11 is 12.8. The zero-order valence-corrected chi connectivity index (χ0v) is 25.8. The third kappa shape index (κ3) is 6.65. The summed E-state index contributed by atoms with van der Waals surface area (Å²) in [5.74, 6) is 2.23. The maximum atomic E-state index is 13.1. The van der Waals surface area contributed by atoms with E-state index in [1.54, 1.807) is 6.20 Å². The van der Waals surface area contributed by atoms with E-state index in [4.69, 9.17) is 28.2 Å². The summed E-state index contributed by atoms with van der Waals surface area (Å²) in [6, 6.07) is 8.62. The quantitative estimate of drug-likeness (QED) is 0.446. The van der Waals surface area contributed by atoms with Crippen molar-refractivity contribution >= 4 is 36.2 Å². The Bertz CT molecular complexity index is 1170. The largest absolute Gasteiger partial charge is 0.437 e. The molecule has 1 atom stereocenters. The summed E-state index contributed by atoms with van der Waals surface area (Å²) in [6.45, 7) is 7.56. The fraction of sp³-hybridized carbons (Fsp3) is 0.625. The molecule has 6 rings (SSSR count). The first-order chi connectivity index (χ1) is 19.9. The van der Waals surface area contributed by atoms with Gasteiger partial charge >= 0.3 is 7.05 Å². The van der Waals surface area contributed by atoms with Crippen LogP contribution in [-0.4, -0.2) is 76.8 Å². The number of likely N-dealkylation sites (tertiary alicyclic amines) is 2. The van der Waals surface area contributed by atoms with Gasteiger partial charge < -0.3 is 14.7 Å². The van der Waals surface area contributed by atoms with Crippen LogP contribution in [0.2, 0.25) is 16.9 Å². The van der Waals surface area contributed by atoms with E-state index < -0.39 is 0 Å². The molecule has 0 saturated carbocycles. The molecular weight excluding hydrogens is 554 g/mol. The number of pyridine rings is 1. The number of benzene rings is 1. The number of nitrogens with zero attached hydrogens (tertiary/aromatic N) is 4. The molecule has 9 heteroatoms. The lowest BCUT2D eigenvalue weighted by molar-refractivity contribution is -0.134. The summed E-state index contributed by atoms with van der Waals surface area (Å²) in [4.78, 5) is 24.8. The van der Waals surface area contributed by atoms with Gasteiger partial charge in [0.1, 0.15) is 0 Å². The van der Waals surface area contributed by atoms with Crippen molar-refractivity contribution < 1.29 is 9.82 Å².